The molecule has 0 radical (unpaired) electrons. The van der Waals surface area contributed by atoms with Gasteiger partial charge in [0, 0.05) is 23.0 Å². The number of fused-ring (bicyclic) bond motifs is 1. The molecule has 0 amide bonds. The van der Waals surface area contributed by atoms with Gasteiger partial charge in [-0.25, -0.2) is 0 Å². The maximum Gasteiger partial charge on any atom is 0.251 e. The summed E-state index contributed by atoms with van der Waals surface area (Å²) in [6, 6.07) is 9.28. The Hall–Kier alpha value is -2.93. The van der Waals surface area contributed by atoms with Crippen molar-refractivity contribution in [2.24, 2.45) is 5.73 Å². The van der Waals surface area contributed by atoms with Crippen LogP contribution in [0, 0.1) is 6.92 Å². The third-order valence-corrected chi connectivity index (χ3v) is 4.36. The van der Waals surface area contributed by atoms with Gasteiger partial charge in [-0.05, 0) is 36.9 Å². The first-order chi connectivity index (χ1) is 12.3. The third kappa shape index (κ3) is 3.52. The van der Waals surface area contributed by atoms with Gasteiger partial charge in [0.2, 0.25) is 11.8 Å². The van der Waals surface area contributed by atoms with E-state index >= 15 is 0 Å². The van der Waals surface area contributed by atoms with Gasteiger partial charge in [0.05, 0.1) is 20.3 Å². The normalized spacial score (nSPS) is 13.4. The SMILES string of the molecule is COc1cc(OC)nc(CC(C)(N)c2ccc3cc(C)c(=O)[nH]c3c2)n1. The highest BCUT2D eigenvalue weighted by Crippen LogP contribution is 2.26. The van der Waals surface area contributed by atoms with Crippen molar-refractivity contribution < 1.29 is 9.47 Å². The number of hydrogen-bond acceptors (Lipinski definition) is 6. The molecule has 26 heavy (non-hydrogen) atoms. The van der Waals surface area contributed by atoms with Gasteiger partial charge in [0.1, 0.15) is 5.82 Å². The molecule has 0 fully saturated rings. The largest absolute Gasteiger partial charge is 0.481 e. The highest BCUT2D eigenvalue weighted by Gasteiger charge is 2.24. The first-order valence-corrected chi connectivity index (χ1v) is 8.21. The van der Waals surface area contributed by atoms with Gasteiger partial charge < -0.3 is 20.2 Å². The summed E-state index contributed by atoms with van der Waals surface area (Å²) in [5, 5.41) is 0.959. The zero-order valence-corrected chi connectivity index (χ0v) is 15.3. The van der Waals surface area contributed by atoms with Gasteiger partial charge in [-0.3, -0.25) is 4.79 Å². The molecule has 3 rings (SSSR count). The second-order valence-electron chi connectivity index (χ2n) is 6.55. The Labute approximate surface area is 151 Å². The Morgan fingerprint density at radius 3 is 2.38 bits per heavy atom. The lowest BCUT2D eigenvalue weighted by molar-refractivity contribution is 0.363. The minimum Gasteiger partial charge on any atom is -0.481 e. The summed E-state index contributed by atoms with van der Waals surface area (Å²) in [6.45, 7) is 3.68. The fourth-order valence-corrected chi connectivity index (χ4v) is 2.83. The van der Waals surface area contributed by atoms with Gasteiger partial charge in [-0.2, -0.15) is 9.97 Å². The molecule has 7 nitrogen and oxygen atoms in total. The predicted octanol–water partition coefficient (Wildman–Crippen LogP) is 2.06. The number of pyridine rings is 1. The number of aromatic amines is 1. The van der Waals surface area contributed by atoms with Crippen molar-refractivity contribution in [1.29, 1.82) is 0 Å². The van der Waals surface area contributed by atoms with Crippen molar-refractivity contribution in [3.63, 3.8) is 0 Å². The first-order valence-electron chi connectivity index (χ1n) is 8.21. The van der Waals surface area contributed by atoms with E-state index in [0.29, 0.717) is 29.6 Å². The lowest BCUT2D eigenvalue weighted by Gasteiger charge is -2.25. The van der Waals surface area contributed by atoms with Crippen molar-refractivity contribution in [3.8, 4) is 11.8 Å². The number of nitrogens with zero attached hydrogens (tertiary/aromatic N) is 2. The Bertz CT molecular complexity index is 989. The van der Waals surface area contributed by atoms with E-state index < -0.39 is 5.54 Å². The Kier molecular flexibility index (Phi) is 4.65. The summed E-state index contributed by atoms with van der Waals surface area (Å²) in [4.78, 5) is 23.5. The van der Waals surface area contributed by atoms with E-state index in [0.717, 1.165) is 16.5 Å². The second kappa shape index (κ2) is 6.76. The zero-order chi connectivity index (χ0) is 18.9. The van der Waals surface area contributed by atoms with Crippen molar-refractivity contribution in [3.05, 3.63) is 57.6 Å². The molecule has 3 aromatic rings. The van der Waals surface area contributed by atoms with Crippen LogP contribution in [0.15, 0.2) is 35.1 Å². The average molecular weight is 354 g/mol. The number of ether oxygens (including phenoxy) is 2. The van der Waals surface area contributed by atoms with Crippen molar-refractivity contribution in [2.45, 2.75) is 25.8 Å². The summed E-state index contributed by atoms with van der Waals surface area (Å²) in [5.41, 5.74) is 8.01. The van der Waals surface area contributed by atoms with Gasteiger partial charge >= 0.3 is 0 Å². The molecule has 7 heteroatoms. The van der Waals surface area contributed by atoms with Crippen LogP contribution in [0.2, 0.25) is 0 Å². The maximum atomic E-state index is 11.9. The van der Waals surface area contributed by atoms with Crippen LogP contribution in [0.1, 0.15) is 23.9 Å². The molecule has 0 saturated heterocycles. The first kappa shape index (κ1) is 17.9. The van der Waals surface area contributed by atoms with E-state index in [4.69, 9.17) is 15.2 Å². The molecule has 0 saturated carbocycles. The molecule has 0 spiro atoms. The molecule has 0 bridgehead atoms. The molecule has 2 heterocycles. The summed E-state index contributed by atoms with van der Waals surface area (Å²) in [6.07, 6.45) is 0.377. The van der Waals surface area contributed by atoms with E-state index in [1.54, 1.807) is 13.0 Å². The Morgan fingerprint density at radius 2 is 1.77 bits per heavy atom. The summed E-state index contributed by atoms with van der Waals surface area (Å²) in [5.74, 6) is 1.35. The Morgan fingerprint density at radius 1 is 1.12 bits per heavy atom. The van der Waals surface area contributed by atoms with E-state index in [1.807, 2.05) is 31.2 Å². The van der Waals surface area contributed by atoms with Crippen LogP contribution in [0.25, 0.3) is 10.9 Å². The van der Waals surface area contributed by atoms with Gasteiger partial charge in [-0.15, -0.1) is 0 Å². The van der Waals surface area contributed by atoms with Crippen LogP contribution in [-0.2, 0) is 12.0 Å². The van der Waals surface area contributed by atoms with Crippen molar-refractivity contribution >= 4 is 10.9 Å². The molecule has 1 aromatic carbocycles. The van der Waals surface area contributed by atoms with Gasteiger partial charge in [0.25, 0.3) is 5.56 Å². The number of nitrogens with one attached hydrogen (secondary N) is 1. The Balaban J connectivity index is 1.98. The highest BCUT2D eigenvalue weighted by atomic mass is 16.5. The van der Waals surface area contributed by atoms with E-state index in [9.17, 15) is 4.79 Å². The van der Waals surface area contributed by atoms with E-state index in [2.05, 4.69) is 15.0 Å². The molecular weight excluding hydrogens is 332 g/mol. The monoisotopic (exact) mass is 354 g/mol. The number of aryl methyl sites for hydroxylation is 1. The molecule has 136 valence electrons. The van der Waals surface area contributed by atoms with Crippen LogP contribution in [0.3, 0.4) is 0 Å². The molecule has 0 aliphatic rings. The quantitative estimate of drug-likeness (QED) is 0.727. The minimum atomic E-state index is -0.743. The number of aromatic nitrogens is 3. The lowest BCUT2D eigenvalue weighted by atomic mass is 9.88. The van der Waals surface area contributed by atoms with E-state index in [1.165, 1.54) is 14.2 Å². The molecule has 1 atom stereocenters. The molecular formula is C19H22N4O3. The zero-order valence-electron chi connectivity index (χ0n) is 15.3. The molecule has 3 N–H and O–H groups in total. The van der Waals surface area contributed by atoms with E-state index in [-0.39, 0.29) is 5.56 Å². The number of benzene rings is 1. The van der Waals surface area contributed by atoms with Crippen LogP contribution in [-0.4, -0.2) is 29.2 Å². The smallest absolute Gasteiger partial charge is 0.251 e. The van der Waals surface area contributed by atoms with Crippen LogP contribution < -0.4 is 20.8 Å². The predicted molar refractivity (Wildman–Crippen MR) is 99.7 cm³/mol. The standard InChI is InChI=1S/C19H22N4O3/c1-11-7-12-5-6-13(8-14(12)21-18(11)24)19(2,20)10-15-22-16(25-3)9-17(23-15)26-4/h5-9H,10,20H2,1-4H3,(H,21,24). The molecule has 0 aliphatic heterocycles. The average Bonchev–Trinajstić information content (AvgIpc) is 2.61. The lowest BCUT2D eigenvalue weighted by Crippen LogP contribution is -2.36. The molecule has 0 aliphatic carbocycles. The molecule has 2 aromatic heterocycles. The van der Waals surface area contributed by atoms with Gasteiger partial charge in [0.15, 0.2) is 0 Å². The topological polar surface area (TPSA) is 103 Å². The number of methoxy groups -OCH3 is 2. The highest BCUT2D eigenvalue weighted by molar-refractivity contribution is 5.79. The van der Waals surface area contributed by atoms with Crippen LogP contribution >= 0.6 is 0 Å². The fourth-order valence-electron chi connectivity index (χ4n) is 2.83. The number of hydrogen-bond donors (Lipinski definition) is 2. The number of H-pyrrole nitrogens is 1. The minimum absolute atomic E-state index is 0.103. The fraction of sp³-hybridized carbons (Fsp3) is 0.316. The van der Waals surface area contributed by atoms with Crippen LogP contribution in [0.4, 0.5) is 0 Å². The van der Waals surface area contributed by atoms with Crippen molar-refractivity contribution in [2.75, 3.05) is 14.2 Å². The second-order valence-corrected chi connectivity index (χ2v) is 6.55. The maximum absolute atomic E-state index is 11.9. The van der Waals surface area contributed by atoms with Gasteiger partial charge in [-0.1, -0.05) is 12.1 Å². The van der Waals surface area contributed by atoms with Crippen LogP contribution in [0.5, 0.6) is 11.8 Å². The number of rotatable bonds is 5. The summed E-state index contributed by atoms with van der Waals surface area (Å²) >= 11 is 0. The molecule has 1 unspecified atom stereocenters. The van der Waals surface area contributed by atoms with Crippen molar-refractivity contribution in [1.82, 2.24) is 15.0 Å². The summed E-state index contributed by atoms with van der Waals surface area (Å²) in [7, 11) is 3.07. The number of nitrogens with two attached hydrogens (primary N) is 1. The summed E-state index contributed by atoms with van der Waals surface area (Å²) < 4.78 is 10.4. The third-order valence-electron chi connectivity index (χ3n) is 4.36.